The van der Waals surface area contributed by atoms with Crippen LogP contribution in [0.3, 0.4) is 0 Å². The first-order valence-corrected chi connectivity index (χ1v) is 10.00. The van der Waals surface area contributed by atoms with Gasteiger partial charge in [-0.15, -0.1) is 0 Å². The van der Waals surface area contributed by atoms with Crippen LogP contribution >= 0.6 is 22.6 Å². The lowest BCUT2D eigenvalue weighted by atomic mass is 10.1. The predicted molar refractivity (Wildman–Crippen MR) is 114 cm³/mol. The number of aliphatic carboxylic acids is 1. The Balaban J connectivity index is 2.09. The van der Waals surface area contributed by atoms with Gasteiger partial charge < -0.3 is 19.9 Å². The molecule has 2 N–H and O–H groups in total. The molecule has 1 unspecified atom stereocenters. The van der Waals surface area contributed by atoms with Crippen LogP contribution in [-0.4, -0.2) is 28.8 Å². The van der Waals surface area contributed by atoms with Gasteiger partial charge in [-0.3, -0.25) is 0 Å². The van der Waals surface area contributed by atoms with Crippen LogP contribution in [0.2, 0.25) is 0 Å². The van der Waals surface area contributed by atoms with Crippen molar-refractivity contribution in [3.8, 4) is 5.75 Å². The summed E-state index contributed by atoms with van der Waals surface area (Å²) in [6, 6.07) is 11.0. The van der Waals surface area contributed by atoms with Crippen molar-refractivity contribution >= 4 is 34.7 Å². The number of carboxylic acids is 1. The van der Waals surface area contributed by atoms with Gasteiger partial charge in [0.15, 0.2) is 11.6 Å². The normalized spacial score (nSPS) is 12.2. The summed E-state index contributed by atoms with van der Waals surface area (Å²) in [4.78, 5) is 23.4. The molecular formula is C21H23FINO5. The van der Waals surface area contributed by atoms with Crippen molar-refractivity contribution in [1.29, 1.82) is 0 Å². The van der Waals surface area contributed by atoms with Crippen LogP contribution in [0.5, 0.6) is 5.75 Å². The first kappa shape index (κ1) is 22.9. The van der Waals surface area contributed by atoms with Crippen molar-refractivity contribution in [1.82, 2.24) is 5.32 Å². The molecule has 156 valence electrons. The molecule has 0 heterocycles. The zero-order chi connectivity index (χ0) is 21.6. The smallest absolute Gasteiger partial charge is 0.408 e. The van der Waals surface area contributed by atoms with Crippen molar-refractivity contribution in [2.45, 2.75) is 45.4 Å². The summed E-state index contributed by atoms with van der Waals surface area (Å²) < 4.78 is 25.7. The van der Waals surface area contributed by atoms with Crippen LogP contribution < -0.4 is 10.1 Å². The molecule has 2 rings (SSSR count). The molecule has 29 heavy (non-hydrogen) atoms. The van der Waals surface area contributed by atoms with E-state index in [1.807, 2.05) is 52.9 Å². The molecule has 8 heteroatoms. The summed E-state index contributed by atoms with van der Waals surface area (Å²) in [5.41, 5.74) is 0.563. The Kier molecular flexibility index (Phi) is 7.83. The van der Waals surface area contributed by atoms with Gasteiger partial charge in [-0.2, -0.15) is 0 Å². The Morgan fingerprint density at radius 3 is 2.38 bits per heavy atom. The maximum Gasteiger partial charge on any atom is 0.408 e. The van der Waals surface area contributed by atoms with Crippen LogP contribution in [0.4, 0.5) is 9.18 Å². The Morgan fingerprint density at radius 2 is 1.83 bits per heavy atom. The monoisotopic (exact) mass is 515 g/mol. The van der Waals surface area contributed by atoms with Crippen molar-refractivity contribution < 1.29 is 28.6 Å². The van der Waals surface area contributed by atoms with Gasteiger partial charge in [0.05, 0.1) is 3.57 Å². The molecule has 0 bridgehead atoms. The van der Waals surface area contributed by atoms with Crippen molar-refractivity contribution in [2.75, 3.05) is 0 Å². The van der Waals surface area contributed by atoms with E-state index in [1.165, 1.54) is 6.07 Å². The van der Waals surface area contributed by atoms with Gasteiger partial charge in [0.2, 0.25) is 0 Å². The SMILES string of the molecule is CC(C)(C)OC(=O)NC(Cc1cc(F)c(OCc2ccccc2)c(I)c1)C(=O)O. The Bertz CT molecular complexity index is 844. The molecule has 0 spiro atoms. The van der Waals surface area contributed by atoms with Gasteiger partial charge in [-0.05, 0) is 66.6 Å². The Morgan fingerprint density at radius 1 is 1.17 bits per heavy atom. The number of benzene rings is 2. The number of halogens is 2. The van der Waals surface area contributed by atoms with Gasteiger partial charge in [0, 0.05) is 6.42 Å². The minimum atomic E-state index is -1.25. The van der Waals surface area contributed by atoms with Crippen LogP contribution in [0.15, 0.2) is 42.5 Å². The fourth-order valence-electron chi connectivity index (χ4n) is 2.48. The third-order valence-corrected chi connectivity index (χ3v) is 4.51. The maximum atomic E-state index is 14.6. The molecule has 6 nitrogen and oxygen atoms in total. The van der Waals surface area contributed by atoms with Crippen LogP contribution in [0, 0.1) is 9.39 Å². The summed E-state index contributed by atoms with van der Waals surface area (Å²) in [6.45, 7) is 5.24. The summed E-state index contributed by atoms with van der Waals surface area (Å²) in [5, 5.41) is 11.7. The molecule has 0 aliphatic rings. The summed E-state index contributed by atoms with van der Waals surface area (Å²) in [7, 11) is 0. The second-order valence-electron chi connectivity index (χ2n) is 7.40. The summed E-state index contributed by atoms with van der Waals surface area (Å²) >= 11 is 1.94. The molecular weight excluding hydrogens is 492 g/mol. The number of hydrogen-bond acceptors (Lipinski definition) is 4. The topological polar surface area (TPSA) is 84.9 Å². The van der Waals surface area contributed by atoms with Gasteiger partial charge in [0.25, 0.3) is 0 Å². The first-order valence-electron chi connectivity index (χ1n) is 8.92. The quantitative estimate of drug-likeness (QED) is 0.530. The number of alkyl carbamates (subject to hydrolysis) is 1. The van der Waals surface area contributed by atoms with E-state index >= 15 is 0 Å². The second kappa shape index (κ2) is 9.91. The molecule has 2 aromatic rings. The third-order valence-electron chi connectivity index (χ3n) is 3.71. The lowest BCUT2D eigenvalue weighted by Crippen LogP contribution is -2.44. The average Bonchev–Trinajstić information content (AvgIpc) is 2.59. The number of ether oxygens (including phenoxy) is 2. The van der Waals surface area contributed by atoms with Gasteiger partial charge in [-0.25, -0.2) is 14.0 Å². The summed E-state index contributed by atoms with van der Waals surface area (Å²) in [6.07, 6.45) is -0.941. The molecule has 1 atom stereocenters. The molecule has 2 aromatic carbocycles. The van der Waals surface area contributed by atoms with E-state index in [0.717, 1.165) is 5.56 Å². The zero-order valence-corrected chi connectivity index (χ0v) is 18.5. The highest BCUT2D eigenvalue weighted by atomic mass is 127. The maximum absolute atomic E-state index is 14.6. The minimum Gasteiger partial charge on any atom is -0.485 e. The molecule has 0 aliphatic heterocycles. The van der Waals surface area contributed by atoms with Crippen LogP contribution in [-0.2, 0) is 22.6 Å². The molecule has 0 aromatic heterocycles. The minimum absolute atomic E-state index is 0.0968. The Labute approximate surface area is 182 Å². The number of carbonyl (C=O) groups is 2. The lowest BCUT2D eigenvalue weighted by molar-refractivity contribution is -0.139. The number of hydrogen-bond donors (Lipinski definition) is 2. The Hall–Kier alpha value is -2.36. The molecule has 0 aliphatic carbocycles. The molecule has 0 saturated heterocycles. The number of carbonyl (C=O) groups excluding carboxylic acids is 1. The molecule has 0 radical (unpaired) electrons. The second-order valence-corrected chi connectivity index (χ2v) is 8.57. The highest BCUT2D eigenvalue weighted by Crippen LogP contribution is 2.28. The number of carboxylic acid groups (broad SMARTS) is 1. The number of amides is 1. The van der Waals surface area contributed by atoms with E-state index in [0.29, 0.717) is 9.13 Å². The van der Waals surface area contributed by atoms with E-state index in [2.05, 4.69) is 5.32 Å². The standard InChI is InChI=1S/C21H23FINO5/c1-21(2,3)29-20(27)24-17(19(25)26)11-14-9-15(22)18(16(23)10-14)28-12-13-7-5-4-6-8-13/h4-10,17H,11-12H2,1-3H3,(H,24,27)(H,25,26). The predicted octanol–water partition coefficient (Wildman–Crippen LogP) is 4.53. The first-order chi connectivity index (χ1) is 13.5. The largest absolute Gasteiger partial charge is 0.485 e. The fraction of sp³-hybridized carbons (Fsp3) is 0.333. The fourth-order valence-corrected chi connectivity index (χ4v) is 3.30. The van der Waals surface area contributed by atoms with E-state index in [1.54, 1.807) is 26.8 Å². The van der Waals surface area contributed by atoms with Crippen molar-refractivity contribution in [3.63, 3.8) is 0 Å². The van der Waals surface area contributed by atoms with E-state index in [4.69, 9.17) is 9.47 Å². The molecule has 0 saturated carbocycles. The van der Waals surface area contributed by atoms with E-state index < -0.39 is 29.5 Å². The van der Waals surface area contributed by atoms with Crippen molar-refractivity contribution in [3.05, 3.63) is 63.0 Å². The van der Waals surface area contributed by atoms with E-state index in [-0.39, 0.29) is 18.8 Å². The van der Waals surface area contributed by atoms with E-state index in [9.17, 15) is 19.1 Å². The number of rotatable bonds is 7. The number of nitrogens with one attached hydrogen (secondary N) is 1. The van der Waals surface area contributed by atoms with Crippen molar-refractivity contribution in [2.24, 2.45) is 0 Å². The molecule has 0 fully saturated rings. The summed E-state index contributed by atoms with van der Waals surface area (Å²) in [5.74, 6) is -1.73. The van der Waals surface area contributed by atoms with Gasteiger partial charge in [-0.1, -0.05) is 30.3 Å². The third kappa shape index (κ3) is 7.52. The lowest BCUT2D eigenvalue weighted by Gasteiger charge is -2.22. The molecule has 1 amide bonds. The van der Waals surface area contributed by atoms with Crippen LogP contribution in [0.25, 0.3) is 0 Å². The van der Waals surface area contributed by atoms with Crippen LogP contribution in [0.1, 0.15) is 31.9 Å². The van der Waals surface area contributed by atoms with Gasteiger partial charge in [0.1, 0.15) is 18.2 Å². The highest BCUT2D eigenvalue weighted by Gasteiger charge is 2.25. The zero-order valence-electron chi connectivity index (χ0n) is 16.4. The highest BCUT2D eigenvalue weighted by molar-refractivity contribution is 14.1. The average molecular weight is 515 g/mol. The van der Waals surface area contributed by atoms with Gasteiger partial charge >= 0.3 is 12.1 Å².